The van der Waals surface area contributed by atoms with Crippen LogP contribution in [0.3, 0.4) is 0 Å². The van der Waals surface area contributed by atoms with Gasteiger partial charge >= 0.3 is 0 Å². The molecule has 25 heavy (non-hydrogen) atoms. The molecule has 116 valence electrons. The highest BCUT2D eigenvalue weighted by Crippen LogP contribution is 2.36. The summed E-state index contributed by atoms with van der Waals surface area (Å²) >= 11 is 0. The van der Waals surface area contributed by atoms with E-state index >= 15 is 0 Å². The van der Waals surface area contributed by atoms with Crippen LogP contribution in [0.4, 0.5) is 0 Å². The zero-order valence-electron chi connectivity index (χ0n) is 13.5. The maximum atomic E-state index is 4.96. The Morgan fingerprint density at radius 2 is 1.28 bits per heavy atom. The minimum atomic E-state index is 1.03. The van der Waals surface area contributed by atoms with Crippen LogP contribution in [0.2, 0.25) is 0 Å². The van der Waals surface area contributed by atoms with E-state index in [1.54, 1.807) is 0 Å². The molecule has 4 aromatic carbocycles. The number of aromatic nitrogens is 2. The third-order valence-corrected chi connectivity index (χ3v) is 5.15. The number of imidazole rings is 1. The molecule has 0 bridgehead atoms. The average molecular weight is 318 g/mol. The van der Waals surface area contributed by atoms with Gasteiger partial charge in [0.25, 0.3) is 0 Å². The van der Waals surface area contributed by atoms with Crippen LogP contribution in [0.5, 0.6) is 0 Å². The molecule has 0 radical (unpaired) electrons. The number of hydrogen-bond donors (Lipinski definition) is 0. The summed E-state index contributed by atoms with van der Waals surface area (Å²) in [5.74, 6) is 0. The van der Waals surface area contributed by atoms with Crippen LogP contribution in [-0.2, 0) is 0 Å². The van der Waals surface area contributed by atoms with Gasteiger partial charge in [0.05, 0.1) is 16.6 Å². The summed E-state index contributed by atoms with van der Waals surface area (Å²) in [6, 6.07) is 30.0. The number of fused-ring (bicyclic) bond motifs is 10. The van der Waals surface area contributed by atoms with Gasteiger partial charge in [-0.15, -0.1) is 0 Å². The van der Waals surface area contributed by atoms with Crippen molar-refractivity contribution in [1.29, 1.82) is 0 Å². The van der Waals surface area contributed by atoms with Gasteiger partial charge in [0.1, 0.15) is 5.65 Å². The summed E-state index contributed by atoms with van der Waals surface area (Å²) in [4.78, 5) is 4.96. The van der Waals surface area contributed by atoms with E-state index in [9.17, 15) is 0 Å². The van der Waals surface area contributed by atoms with Gasteiger partial charge in [0.2, 0.25) is 0 Å². The van der Waals surface area contributed by atoms with Gasteiger partial charge < -0.3 is 0 Å². The monoisotopic (exact) mass is 318 g/mol. The van der Waals surface area contributed by atoms with E-state index in [0.717, 1.165) is 16.7 Å². The standard InChI is InChI=1S/C23H14N2/c1-2-8-16-15(7-1)13-14-18-22(16)17-9-3-5-11-20(17)25-21-12-6-4-10-19(21)24-23(18)25/h1-14H. The zero-order valence-corrected chi connectivity index (χ0v) is 13.5. The van der Waals surface area contributed by atoms with Crippen LogP contribution in [-0.4, -0.2) is 9.38 Å². The van der Waals surface area contributed by atoms with E-state index in [4.69, 9.17) is 4.98 Å². The Morgan fingerprint density at radius 1 is 0.560 bits per heavy atom. The Bertz CT molecular complexity index is 1440. The maximum absolute atomic E-state index is 4.96. The van der Waals surface area contributed by atoms with Crippen molar-refractivity contribution in [2.24, 2.45) is 0 Å². The molecule has 0 aliphatic rings. The Balaban J connectivity index is 2.06. The molecule has 0 spiro atoms. The van der Waals surface area contributed by atoms with Gasteiger partial charge in [-0.3, -0.25) is 4.40 Å². The van der Waals surface area contributed by atoms with Crippen molar-refractivity contribution < 1.29 is 0 Å². The lowest BCUT2D eigenvalue weighted by molar-refractivity contribution is 1.32. The van der Waals surface area contributed by atoms with Gasteiger partial charge in [0, 0.05) is 16.2 Å². The molecule has 0 aliphatic carbocycles. The van der Waals surface area contributed by atoms with Crippen molar-refractivity contribution in [3.05, 3.63) is 84.9 Å². The molecule has 6 rings (SSSR count). The summed E-state index contributed by atoms with van der Waals surface area (Å²) in [5, 5.41) is 6.31. The molecule has 0 aliphatic heterocycles. The number of benzene rings is 4. The Hall–Kier alpha value is -3.39. The molecule has 6 aromatic rings. The van der Waals surface area contributed by atoms with Gasteiger partial charge in [-0.1, -0.05) is 60.7 Å². The molecule has 2 aromatic heterocycles. The molecular weight excluding hydrogens is 304 g/mol. The fourth-order valence-electron chi connectivity index (χ4n) is 4.08. The van der Waals surface area contributed by atoms with Gasteiger partial charge in [-0.05, 0) is 35.0 Å². The molecular formula is C23H14N2. The van der Waals surface area contributed by atoms with E-state index in [2.05, 4.69) is 89.3 Å². The normalized spacial score (nSPS) is 12.0. The summed E-state index contributed by atoms with van der Waals surface area (Å²) in [6.45, 7) is 0. The predicted octanol–water partition coefficient (Wildman–Crippen LogP) is 5.95. The smallest absolute Gasteiger partial charge is 0.146 e. The number of nitrogens with zero attached hydrogens (tertiary/aromatic N) is 2. The van der Waals surface area contributed by atoms with E-state index in [1.807, 2.05) is 0 Å². The molecule has 0 saturated carbocycles. The van der Waals surface area contributed by atoms with Crippen LogP contribution in [0.15, 0.2) is 84.9 Å². The first-order valence-corrected chi connectivity index (χ1v) is 8.51. The van der Waals surface area contributed by atoms with E-state index < -0.39 is 0 Å². The Kier molecular flexibility index (Phi) is 2.37. The van der Waals surface area contributed by atoms with Crippen molar-refractivity contribution in [2.45, 2.75) is 0 Å². The minimum Gasteiger partial charge on any atom is -0.292 e. The van der Waals surface area contributed by atoms with Crippen molar-refractivity contribution >= 4 is 49.1 Å². The fraction of sp³-hybridized carbons (Fsp3) is 0. The highest BCUT2D eigenvalue weighted by Gasteiger charge is 2.14. The minimum absolute atomic E-state index is 1.03. The Labute approximate surface area is 143 Å². The lowest BCUT2D eigenvalue weighted by Gasteiger charge is -2.11. The zero-order chi connectivity index (χ0) is 16.4. The summed E-state index contributed by atoms with van der Waals surface area (Å²) in [5.41, 5.74) is 4.42. The average Bonchev–Trinajstić information content (AvgIpc) is 3.07. The number of para-hydroxylation sites is 3. The first-order valence-electron chi connectivity index (χ1n) is 8.51. The first-order chi connectivity index (χ1) is 12.4. The summed E-state index contributed by atoms with van der Waals surface area (Å²) in [6.07, 6.45) is 0. The van der Waals surface area contributed by atoms with Crippen LogP contribution in [0, 0.1) is 0 Å². The number of pyridine rings is 1. The highest BCUT2D eigenvalue weighted by atomic mass is 15.0. The topological polar surface area (TPSA) is 17.3 Å². The summed E-state index contributed by atoms with van der Waals surface area (Å²) < 4.78 is 2.29. The summed E-state index contributed by atoms with van der Waals surface area (Å²) in [7, 11) is 0. The van der Waals surface area contributed by atoms with Crippen molar-refractivity contribution in [3.8, 4) is 0 Å². The molecule has 0 N–H and O–H groups in total. The molecule has 0 saturated heterocycles. The molecule has 0 unspecified atom stereocenters. The van der Waals surface area contributed by atoms with Crippen LogP contribution >= 0.6 is 0 Å². The SMILES string of the molecule is c1ccc2c(c1)ccc1c2c2ccccc2n2c3ccccc3nc12. The third kappa shape index (κ3) is 1.61. The largest absolute Gasteiger partial charge is 0.292 e. The quantitative estimate of drug-likeness (QED) is 0.316. The van der Waals surface area contributed by atoms with Gasteiger partial charge in [0.15, 0.2) is 0 Å². The molecule has 0 atom stereocenters. The maximum Gasteiger partial charge on any atom is 0.146 e. The van der Waals surface area contributed by atoms with Crippen molar-refractivity contribution in [2.75, 3.05) is 0 Å². The number of hydrogen-bond acceptors (Lipinski definition) is 1. The molecule has 0 fully saturated rings. The second-order valence-corrected chi connectivity index (χ2v) is 6.49. The lowest BCUT2D eigenvalue weighted by Crippen LogP contribution is -1.92. The molecule has 2 heteroatoms. The number of rotatable bonds is 0. The predicted molar refractivity (Wildman–Crippen MR) is 105 cm³/mol. The molecule has 2 nitrogen and oxygen atoms in total. The van der Waals surface area contributed by atoms with Gasteiger partial charge in [-0.2, -0.15) is 0 Å². The van der Waals surface area contributed by atoms with Gasteiger partial charge in [-0.25, -0.2) is 4.98 Å². The fourth-order valence-corrected chi connectivity index (χ4v) is 4.08. The van der Waals surface area contributed by atoms with Crippen LogP contribution in [0.1, 0.15) is 0 Å². The second-order valence-electron chi connectivity index (χ2n) is 6.49. The van der Waals surface area contributed by atoms with Crippen LogP contribution < -0.4 is 0 Å². The second kappa shape index (κ2) is 4.58. The van der Waals surface area contributed by atoms with Crippen molar-refractivity contribution in [1.82, 2.24) is 9.38 Å². The van der Waals surface area contributed by atoms with E-state index in [-0.39, 0.29) is 0 Å². The lowest BCUT2D eigenvalue weighted by atomic mass is 9.99. The van der Waals surface area contributed by atoms with E-state index in [1.165, 1.54) is 32.4 Å². The first kappa shape index (κ1) is 13.0. The van der Waals surface area contributed by atoms with E-state index in [0.29, 0.717) is 0 Å². The Morgan fingerprint density at radius 3 is 2.20 bits per heavy atom. The third-order valence-electron chi connectivity index (χ3n) is 5.15. The van der Waals surface area contributed by atoms with Crippen LogP contribution in [0.25, 0.3) is 49.1 Å². The van der Waals surface area contributed by atoms with Crippen molar-refractivity contribution in [3.63, 3.8) is 0 Å². The highest BCUT2D eigenvalue weighted by molar-refractivity contribution is 6.23. The molecule has 0 amide bonds. The molecule has 2 heterocycles.